The van der Waals surface area contributed by atoms with E-state index in [0.717, 1.165) is 43.2 Å². The molecule has 1 heterocycles. The second-order valence-corrected chi connectivity index (χ2v) is 5.40. The van der Waals surface area contributed by atoms with Crippen LogP contribution < -0.4 is 0 Å². The molecule has 1 saturated heterocycles. The summed E-state index contributed by atoms with van der Waals surface area (Å²) < 4.78 is 11.1. The van der Waals surface area contributed by atoms with Gasteiger partial charge in [0.15, 0.2) is 6.29 Å². The molecule has 2 rings (SSSR count). The lowest BCUT2D eigenvalue weighted by Crippen LogP contribution is -2.31. The second-order valence-electron chi connectivity index (χ2n) is 4.99. The summed E-state index contributed by atoms with van der Waals surface area (Å²) >= 11 is 6.24. The van der Waals surface area contributed by atoms with Gasteiger partial charge < -0.3 is 9.47 Å². The van der Waals surface area contributed by atoms with Crippen LogP contribution in [-0.2, 0) is 9.47 Å². The maximum absolute atomic E-state index is 6.24. The first kappa shape index (κ1) is 14.8. The zero-order valence-electron chi connectivity index (χ0n) is 11.6. The molecular weight excluding hydrogens is 262 g/mol. The molecule has 0 saturated carbocycles. The fourth-order valence-corrected chi connectivity index (χ4v) is 2.55. The summed E-state index contributed by atoms with van der Waals surface area (Å²) in [5.74, 6) is 0. The molecule has 1 fully saturated rings. The van der Waals surface area contributed by atoms with E-state index in [1.54, 1.807) is 0 Å². The van der Waals surface area contributed by atoms with Gasteiger partial charge in [0.05, 0.1) is 13.2 Å². The van der Waals surface area contributed by atoms with Crippen LogP contribution in [0.1, 0.15) is 31.4 Å². The molecule has 0 aromatic heterocycles. The van der Waals surface area contributed by atoms with E-state index < -0.39 is 0 Å². The van der Waals surface area contributed by atoms with Crippen molar-refractivity contribution in [2.75, 3.05) is 26.8 Å². The van der Waals surface area contributed by atoms with Crippen molar-refractivity contribution in [2.45, 2.75) is 32.1 Å². The predicted molar refractivity (Wildman–Crippen MR) is 77.4 cm³/mol. The third-order valence-corrected chi connectivity index (χ3v) is 3.97. The Morgan fingerprint density at radius 1 is 1.32 bits per heavy atom. The fraction of sp³-hybridized carbons (Fsp3) is 0.600. The molecular formula is C15H22ClNO2. The Labute approximate surface area is 120 Å². The Morgan fingerprint density at radius 2 is 2.00 bits per heavy atom. The summed E-state index contributed by atoms with van der Waals surface area (Å²) in [6.07, 6.45) is 1.85. The van der Waals surface area contributed by atoms with Crippen LogP contribution in [0, 0.1) is 0 Å². The zero-order chi connectivity index (χ0) is 13.7. The van der Waals surface area contributed by atoms with Gasteiger partial charge in [0.25, 0.3) is 0 Å². The van der Waals surface area contributed by atoms with Gasteiger partial charge in [-0.25, -0.2) is 0 Å². The van der Waals surface area contributed by atoms with Crippen LogP contribution in [0.4, 0.5) is 0 Å². The first-order valence-corrected chi connectivity index (χ1v) is 7.24. The quantitative estimate of drug-likeness (QED) is 0.826. The largest absolute Gasteiger partial charge is 0.353 e. The van der Waals surface area contributed by atoms with Gasteiger partial charge in [0, 0.05) is 24.0 Å². The van der Waals surface area contributed by atoms with Gasteiger partial charge >= 0.3 is 0 Å². The van der Waals surface area contributed by atoms with Gasteiger partial charge in [-0.1, -0.05) is 29.8 Å². The van der Waals surface area contributed by atoms with Crippen molar-refractivity contribution >= 4 is 11.6 Å². The number of halogens is 1. The number of ether oxygens (including phenoxy) is 2. The van der Waals surface area contributed by atoms with Crippen LogP contribution in [0.15, 0.2) is 24.3 Å². The Hall–Kier alpha value is -0.610. The molecule has 19 heavy (non-hydrogen) atoms. The Balaban J connectivity index is 1.85. The molecule has 0 N–H and O–H groups in total. The lowest BCUT2D eigenvalue weighted by molar-refractivity contribution is -0.182. The zero-order valence-corrected chi connectivity index (χ0v) is 12.4. The Kier molecular flexibility index (Phi) is 5.64. The van der Waals surface area contributed by atoms with E-state index in [2.05, 4.69) is 24.9 Å². The summed E-state index contributed by atoms with van der Waals surface area (Å²) in [5.41, 5.74) is 1.16. The van der Waals surface area contributed by atoms with Crippen LogP contribution in [0.5, 0.6) is 0 Å². The lowest BCUT2D eigenvalue weighted by atomic mass is 10.1. The van der Waals surface area contributed by atoms with Gasteiger partial charge in [-0.05, 0) is 32.0 Å². The van der Waals surface area contributed by atoms with Crippen molar-refractivity contribution < 1.29 is 9.47 Å². The summed E-state index contributed by atoms with van der Waals surface area (Å²) in [6, 6.07) is 8.30. The van der Waals surface area contributed by atoms with E-state index in [9.17, 15) is 0 Å². The summed E-state index contributed by atoms with van der Waals surface area (Å²) in [7, 11) is 2.11. The lowest BCUT2D eigenvalue weighted by Gasteiger charge is -2.29. The van der Waals surface area contributed by atoms with Crippen molar-refractivity contribution in [2.24, 2.45) is 0 Å². The Bertz CT molecular complexity index is 393. The van der Waals surface area contributed by atoms with E-state index >= 15 is 0 Å². The topological polar surface area (TPSA) is 21.7 Å². The van der Waals surface area contributed by atoms with Crippen LogP contribution in [0.25, 0.3) is 0 Å². The first-order chi connectivity index (χ1) is 9.18. The van der Waals surface area contributed by atoms with Crippen LogP contribution in [0.2, 0.25) is 5.02 Å². The summed E-state index contributed by atoms with van der Waals surface area (Å²) in [5, 5.41) is 0.826. The molecule has 1 aliphatic heterocycles. The minimum Gasteiger partial charge on any atom is -0.353 e. The van der Waals surface area contributed by atoms with Gasteiger partial charge in [-0.15, -0.1) is 0 Å². The van der Waals surface area contributed by atoms with Crippen LogP contribution in [-0.4, -0.2) is 38.0 Å². The predicted octanol–water partition coefficient (Wildman–Crippen LogP) is 3.49. The van der Waals surface area contributed by atoms with Crippen molar-refractivity contribution in [3.63, 3.8) is 0 Å². The minimum absolute atomic E-state index is 0.0466. The molecule has 106 valence electrons. The van der Waals surface area contributed by atoms with Gasteiger partial charge in [0.2, 0.25) is 0 Å². The first-order valence-electron chi connectivity index (χ1n) is 6.86. The highest BCUT2D eigenvalue weighted by Gasteiger charge is 2.18. The van der Waals surface area contributed by atoms with Gasteiger partial charge in [-0.3, -0.25) is 4.90 Å². The number of nitrogens with zero attached hydrogens (tertiary/aromatic N) is 1. The maximum atomic E-state index is 6.24. The van der Waals surface area contributed by atoms with E-state index in [1.165, 1.54) is 0 Å². The number of rotatable bonds is 5. The standard InChI is InChI=1S/C15H22ClNO2/c1-12(13-6-3-4-7-14(13)16)17(2)9-8-15-18-10-5-11-19-15/h3-4,6-7,12,15H,5,8-11H2,1-2H3. The third-order valence-electron chi connectivity index (χ3n) is 3.63. The van der Waals surface area contributed by atoms with Crippen LogP contribution in [0.3, 0.4) is 0 Å². The smallest absolute Gasteiger partial charge is 0.158 e. The highest BCUT2D eigenvalue weighted by atomic mass is 35.5. The Morgan fingerprint density at radius 3 is 2.68 bits per heavy atom. The molecule has 0 radical (unpaired) electrons. The van der Waals surface area contributed by atoms with Gasteiger partial charge in [-0.2, -0.15) is 0 Å². The van der Waals surface area contributed by atoms with Gasteiger partial charge in [0.1, 0.15) is 0 Å². The highest BCUT2D eigenvalue weighted by Crippen LogP contribution is 2.26. The van der Waals surface area contributed by atoms with Crippen molar-refractivity contribution in [1.29, 1.82) is 0 Å². The highest BCUT2D eigenvalue weighted by molar-refractivity contribution is 6.31. The molecule has 1 aliphatic rings. The number of hydrogen-bond donors (Lipinski definition) is 0. The number of benzene rings is 1. The molecule has 3 nitrogen and oxygen atoms in total. The van der Waals surface area contributed by atoms with E-state index in [4.69, 9.17) is 21.1 Å². The van der Waals surface area contributed by atoms with E-state index in [1.807, 2.05) is 18.2 Å². The normalized spacial score (nSPS) is 18.7. The maximum Gasteiger partial charge on any atom is 0.158 e. The third kappa shape index (κ3) is 4.18. The molecule has 1 atom stereocenters. The SMILES string of the molecule is CC(c1ccccc1Cl)N(C)CCC1OCCCO1. The minimum atomic E-state index is -0.0466. The van der Waals surface area contributed by atoms with E-state index in [0.29, 0.717) is 0 Å². The van der Waals surface area contributed by atoms with Crippen LogP contribution >= 0.6 is 11.6 Å². The van der Waals surface area contributed by atoms with Crippen molar-refractivity contribution in [3.05, 3.63) is 34.9 Å². The molecule has 1 unspecified atom stereocenters. The molecule has 0 spiro atoms. The second kappa shape index (κ2) is 7.25. The molecule has 0 bridgehead atoms. The molecule has 1 aromatic rings. The summed E-state index contributed by atoms with van der Waals surface area (Å²) in [4.78, 5) is 2.28. The van der Waals surface area contributed by atoms with Crippen molar-refractivity contribution in [3.8, 4) is 0 Å². The molecule has 0 amide bonds. The number of hydrogen-bond acceptors (Lipinski definition) is 3. The van der Waals surface area contributed by atoms with Crippen molar-refractivity contribution in [1.82, 2.24) is 4.90 Å². The summed E-state index contributed by atoms with van der Waals surface area (Å²) in [6.45, 7) is 4.73. The monoisotopic (exact) mass is 283 g/mol. The average molecular weight is 284 g/mol. The average Bonchev–Trinajstić information content (AvgIpc) is 2.45. The molecule has 4 heteroatoms. The molecule has 0 aliphatic carbocycles. The van der Waals surface area contributed by atoms with E-state index in [-0.39, 0.29) is 12.3 Å². The molecule has 1 aromatic carbocycles. The fourth-order valence-electron chi connectivity index (χ4n) is 2.26.